The van der Waals surface area contributed by atoms with E-state index < -0.39 is 11.5 Å². The lowest BCUT2D eigenvalue weighted by atomic mass is 9.73. The first kappa shape index (κ1) is 23.0. The van der Waals surface area contributed by atoms with Crippen LogP contribution in [0.2, 0.25) is 0 Å². The van der Waals surface area contributed by atoms with E-state index in [0.717, 1.165) is 40.1 Å². The van der Waals surface area contributed by atoms with Crippen molar-refractivity contribution < 1.29 is 19.0 Å². The van der Waals surface area contributed by atoms with Gasteiger partial charge < -0.3 is 9.84 Å². The number of halogens is 1. The Morgan fingerprint density at radius 2 is 2.15 bits per heavy atom. The van der Waals surface area contributed by atoms with Gasteiger partial charge in [-0.15, -0.1) is 0 Å². The molecule has 0 aliphatic carbocycles. The average molecular weight is 452 g/mol. The van der Waals surface area contributed by atoms with Crippen LogP contribution in [0.25, 0.3) is 17.0 Å². The van der Waals surface area contributed by atoms with Crippen molar-refractivity contribution in [1.82, 2.24) is 15.1 Å². The second kappa shape index (κ2) is 8.98. The van der Waals surface area contributed by atoms with Crippen LogP contribution in [0.5, 0.6) is 5.75 Å². The summed E-state index contributed by atoms with van der Waals surface area (Å²) >= 11 is 0. The number of aromatic nitrogens is 2. The number of H-pyrrole nitrogens is 1. The maximum atomic E-state index is 13.6. The summed E-state index contributed by atoms with van der Waals surface area (Å²) in [6.45, 7) is 6.49. The Hall–Kier alpha value is -3.19. The summed E-state index contributed by atoms with van der Waals surface area (Å²) in [6, 6.07) is 10.1. The third-order valence-electron chi connectivity index (χ3n) is 6.81. The first-order valence-electron chi connectivity index (χ1n) is 11.2. The molecule has 2 aromatic carbocycles. The molecule has 7 heteroatoms. The summed E-state index contributed by atoms with van der Waals surface area (Å²) < 4.78 is 19.4. The lowest BCUT2D eigenvalue weighted by molar-refractivity contribution is -0.131. The molecule has 174 valence electrons. The minimum Gasteiger partial charge on any atom is -0.496 e. The molecule has 0 amide bonds. The minimum atomic E-state index is -1.00. The molecule has 1 aromatic heterocycles. The van der Waals surface area contributed by atoms with E-state index in [9.17, 15) is 9.18 Å². The largest absolute Gasteiger partial charge is 0.496 e. The third-order valence-corrected chi connectivity index (χ3v) is 6.81. The highest BCUT2D eigenvalue weighted by Crippen LogP contribution is 2.48. The molecule has 0 radical (unpaired) electrons. The number of aromatic amines is 1. The summed E-state index contributed by atoms with van der Waals surface area (Å²) in [7, 11) is 1.62. The van der Waals surface area contributed by atoms with E-state index in [2.05, 4.69) is 35.0 Å². The molecule has 0 spiro atoms. The zero-order valence-corrected chi connectivity index (χ0v) is 19.4. The highest BCUT2D eigenvalue weighted by molar-refractivity contribution is 5.86. The number of nitrogens with one attached hydrogen (secondary N) is 1. The van der Waals surface area contributed by atoms with Gasteiger partial charge in [0.2, 0.25) is 0 Å². The van der Waals surface area contributed by atoms with Crippen LogP contribution in [0.3, 0.4) is 0 Å². The number of carboxylic acid groups (broad SMARTS) is 1. The van der Waals surface area contributed by atoms with Crippen LogP contribution in [0.15, 0.2) is 42.6 Å². The molecule has 2 heterocycles. The van der Waals surface area contributed by atoms with Gasteiger partial charge in [-0.05, 0) is 61.1 Å². The average Bonchev–Trinajstić information content (AvgIpc) is 3.29. The second-order valence-corrected chi connectivity index (χ2v) is 9.09. The number of methoxy groups -OCH3 is 1. The molecule has 0 fully saturated rings. The molecule has 33 heavy (non-hydrogen) atoms. The molecule has 0 unspecified atom stereocenters. The standard InChI is InChI=1S/C26H30FN3O3/c1-16(13-27)15-30-17(2)11-19-20-14-28-29-23(20)9-8-21(19)26(30,3)22-7-5-18(6-10-25(31)32)12-24(22)33-4/h5-10,12,14,16-17H,11,13,15H2,1-4H3,(H,28,29)(H,31,32)/b10-6+/t16-,17-,26+/m1/s1. The van der Waals surface area contributed by atoms with E-state index >= 15 is 0 Å². The molecule has 3 aromatic rings. The molecular formula is C26H30FN3O3. The van der Waals surface area contributed by atoms with Crippen LogP contribution in [0.4, 0.5) is 4.39 Å². The smallest absolute Gasteiger partial charge is 0.328 e. The minimum absolute atomic E-state index is 0.116. The van der Waals surface area contributed by atoms with E-state index in [0.29, 0.717) is 12.3 Å². The maximum Gasteiger partial charge on any atom is 0.328 e. The molecule has 0 bridgehead atoms. The number of hydrogen-bond acceptors (Lipinski definition) is 4. The van der Waals surface area contributed by atoms with Crippen LogP contribution < -0.4 is 4.74 Å². The van der Waals surface area contributed by atoms with Crippen molar-refractivity contribution in [3.63, 3.8) is 0 Å². The summed E-state index contributed by atoms with van der Waals surface area (Å²) in [5, 5.41) is 17.4. The molecular weight excluding hydrogens is 421 g/mol. The molecule has 6 nitrogen and oxygen atoms in total. The van der Waals surface area contributed by atoms with Crippen molar-refractivity contribution in [2.75, 3.05) is 20.3 Å². The number of rotatable bonds is 7. The number of ether oxygens (including phenoxy) is 1. The second-order valence-electron chi connectivity index (χ2n) is 9.09. The van der Waals surface area contributed by atoms with Crippen molar-refractivity contribution in [2.45, 2.75) is 38.8 Å². The molecule has 4 rings (SSSR count). The summed E-state index contributed by atoms with van der Waals surface area (Å²) in [6.07, 6.45) is 5.37. The summed E-state index contributed by atoms with van der Waals surface area (Å²) in [5.74, 6) is -0.458. The molecule has 0 saturated heterocycles. The fraction of sp³-hybridized carbons (Fsp3) is 0.385. The van der Waals surface area contributed by atoms with Gasteiger partial charge in [0.1, 0.15) is 5.75 Å². The van der Waals surface area contributed by atoms with Crippen LogP contribution in [-0.2, 0) is 16.8 Å². The van der Waals surface area contributed by atoms with E-state index in [4.69, 9.17) is 9.84 Å². The molecule has 1 aliphatic heterocycles. The van der Waals surface area contributed by atoms with Crippen molar-refractivity contribution in [3.05, 3.63) is 64.9 Å². The lowest BCUT2D eigenvalue weighted by Gasteiger charge is -2.51. The Bertz CT molecular complexity index is 1200. The lowest BCUT2D eigenvalue weighted by Crippen LogP contribution is -2.55. The number of hydrogen-bond donors (Lipinski definition) is 2. The van der Waals surface area contributed by atoms with E-state index in [1.807, 2.05) is 37.4 Å². The van der Waals surface area contributed by atoms with Gasteiger partial charge in [0.15, 0.2) is 0 Å². The Kier molecular flexibility index (Phi) is 6.26. The maximum absolute atomic E-state index is 13.6. The normalized spacial score (nSPS) is 21.9. The number of nitrogens with zero attached hydrogens (tertiary/aromatic N) is 2. The Labute approximate surface area is 193 Å². The van der Waals surface area contributed by atoms with Gasteiger partial charge in [0, 0.05) is 29.6 Å². The van der Waals surface area contributed by atoms with Crippen LogP contribution in [-0.4, -0.2) is 52.5 Å². The molecule has 1 aliphatic rings. The Morgan fingerprint density at radius 3 is 2.85 bits per heavy atom. The topological polar surface area (TPSA) is 78.5 Å². The number of alkyl halides is 1. The van der Waals surface area contributed by atoms with Gasteiger partial charge in [0.05, 0.1) is 31.0 Å². The van der Waals surface area contributed by atoms with E-state index in [1.54, 1.807) is 13.2 Å². The van der Waals surface area contributed by atoms with Crippen molar-refractivity contribution in [2.24, 2.45) is 5.92 Å². The number of aliphatic carboxylic acids is 1. The number of fused-ring (bicyclic) bond motifs is 3. The number of benzene rings is 2. The first-order chi connectivity index (χ1) is 15.8. The van der Waals surface area contributed by atoms with Crippen LogP contribution in [0, 0.1) is 5.92 Å². The number of carboxylic acids is 1. The zero-order chi connectivity index (χ0) is 23.8. The van der Waals surface area contributed by atoms with Crippen molar-refractivity contribution >= 4 is 22.9 Å². The fourth-order valence-corrected chi connectivity index (χ4v) is 5.18. The van der Waals surface area contributed by atoms with Gasteiger partial charge in [-0.1, -0.05) is 25.1 Å². The monoisotopic (exact) mass is 451 g/mol. The van der Waals surface area contributed by atoms with Crippen molar-refractivity contribution in [3.8, 4) is 5.75 Å². The molecule has 3 atom stereocenters. The molecule has 0 saturated carbocycles. The highest BCUT2D eigenvalue weighted by Gasteiger charge is 2.45. The van der Waals surface area contributed by atoms with Crippen LogP contribution in [0.1, 0.15) is 43.0 Å². The van der Waals surface area contributed by atoms with Crippen LogP contribution >= 0.6 is 0 Å². The third kappa shape index (κ3) is 4.02. The fourth-order valence-electron chi connectivity index (χ4n) is 5.18. The predicted octanol–water partition coefficient (Wildman–Crippen LogP) is 4.79. The Balaban J connectivity index is 1.94. The first-order valence-corrected chi connectivity index (χ1v) is 11.2. The summed E-state index contributed by atoms with van der Waals surface area (Å²) in [5.41, 5.74) is 4.49. The molecule has 2 N–H and O–H groups in total. The Morgan fingerprint density at radius 1 is 1.39 bits per heavy atom. The van der Waals surface area contributed by atoms with Crippen molar-refractivity contribution in [1.29, 1.82) is 0 Å². The number of carbonyl (C=O) groups is 1. The van der Waals surface area contributed by atoms with Gasteiger partial charge in [-0.2, -0.15) is 5.10 Å². The van der Waals surface area contributed by atoms with Gasteiger partial charge >= 0.3 is 5.97 Å². The predicted molar refractivity (Wildman–Crippen MR) is 127 cm³/mol. The van der Waals surface area contributed by atoms with Gasteiger partial charge in [-0.25, -0.2) is 4.79 Å². The highest BCUT2D eigenvalue weighted by atomic mass is 19.1. The zero-order valence-electron chi connectivity index (χ0n) is 19.4. The summed E-state index contributed by atoms with van der Waals surface area (Å²) in [4.78, 5) is 13.3. The quantitative estimate of drug-likeness (QED) is 0.505. The van der Waals surface area contributed by atoms with Gasteiger partial charge in [-0.3, -0.25) is 14.4 Å². The van der Waals surface area contributed by atoms with Gasteiger partial charge in [0.25, 0.3) is 0 Å². The van der Waals surface area contributed by atoms with E-state index in [-0.39, 0.29) is 18.6 Å². The van der Waals surface area contributed by atoms with E-state index in [1.165, 1.54) is 5.56 Å². The SMILES string of the molecule is COc1cc(/C=C/C(=O)O)ccc1[C@]1(C)c2ccc3[nH]ncc3c2C[C@@H](C)N1C[C@H](C)CF.